The van der Waals surface area contributed by atoms with Crippen molar-refractivity contribution in [3.63, 3.8) is 0 Å². The lowest BCUT2D eigenvalue weighted by Gasteiger charge is -2.16. The molecule has 3 nitrogen and oxygen atoms in total. The van der Waals surface area contributed by atoms with Crippen LogP contribution in [-0.4, -0.2) is 23.1 Å². The molecule has 1 rings (SSSR count). The highest BCUT2D eigenvalue weighted by molar-refractivity contribution is 4.65. The predicted molar refractivity (Wildman–Crippen MR) is 37.5 cm³/mol. The highest BCUT2D eigenvalue weighted by Gasteiger charge is 2.17. The Morgan fingerprint density at radius 3 is 2.60 bits per heavy atom. The van der Waals surface area contributed by atoms with Crippen LogP contribution in [0.4, 0.5) is 0 Å². The Bertz CT molecular complexity index is 91.6. The Morgan fingerprint density at radius 2 is 2.10 bits per heavy atom. The van der Waals surface area contributed by atoms with Crippen LogP contribution in [0, 0.1) is 0 Å². The third-order valence-electron chi connectivity index (χ3n) is 1.84. The fourth-order valence-electron chi connectivity index (χ4n) is 1.24. The summed E-state index contributed by atoms with van der Waals surface area (Å²) >= 11 is 0. The first-order chi connectivity index (χ1) is 4.83. The first-order valence-electron chi connectivity index (χ1n) is 3.96. The summed E-state index contributed by atoms with van der Waals surface area (Å²) in [5, 5.41) is 9.86. The Labute approximate surface area is 61.5 Å². The fraction of sp³-hybridized carbons (Fsp3) is 1.00. The summed E-state index contributed by atoms with van der Waals surface area (Å²) in [4.78, 5) is 5.15. The van der Waals surface area contributed by atoms with Crippen LogP contribution in [0.2, 0.25) is 0 Å². The molecule has 1 aliphatic rings. The molecular weight excluding hydrogens is 130 g/mol. The van der Waals surface area contributed by atoms with E-state index in [1.54, 1.807) is 0 Å². The van der Waals surface area contributed by atoms with Crippen LogP contribution in [-0.2, 0) is 4.84 Å². The van der Waals surface area contributed by atoms with Gasteiger partial charge in [0.25, 0.3) is 0 Å². The number of hydrogen-bond acceptors (Lipinski definition) is 3. The maximum atomic E-state index is 8.93. The summed E-state index contributed by atoms with van der Waals surface area (Å²) in [6, 6.07) is 0. The summed E-state index contributed by atoms with van der Waals surface area (Å²) in [7, 11) is 0. The van der Waals surface area contributed by atoms with E-state index in [1.165, 1.54) is 12.8 Å². The van der Waals surface area contributed by atoms with E-state index >= 15 is 0 Å². The Kier molecular flexibility index (Phi) is 3.12. The van der Waals surface area contributed by atoms with Gasteiger partial charge in [0.05, 0.1) is 6.10 Å². The maximum Gasteiger partial charge on any atom is 0.0819 e. The average Bonchev–Trinajstić information content (AvgIpc) is 2.40. The van der Waals surface area contributed by atoms with Gasteiger partial charge in [0.2, 0.25) is 0 Å². The summed E-state index contributed by atoms with van der Waals surface area (Å²) in [5.74, 6) is 0. The number of nitrogens with zero attached hydrogens (tertiary/aromatic N) is 1. The zero-order valence-corrected chi connectivity index (χ0v) is 6.42. The van der Waals surface area contributed by atoms with Gasteiger partial charge >= 0.3 is 0 Å². The van der Waals surface area contributed by atoms with Crippen molar-refractivity contribution in [2.45, 2.75) is 38.7 Å². The molecule has 0 aromatic rings. The maximum absolute atomic E-state index is 8.93. The summed E-state index contributed by atoms with van der Waals surface area (Å²) < 4.78 is 0. The van der Waals surface area contributed by atoms with Crippen molar-refractivity contribution >= 4 is 0 Å². The smallest absolute Gasteiger partial charge is 0.0819 e. The molecule has 0 unspecified atom stereocenters. The minimum atomic E-state index is 0.268. The van der Waals surface area contributed by atoms with Crippen LogP contribution in [0.15, 0.2) is 0 Å². The quantitative estimate of drug-likeness (QED) is 0.612. The second-order valence-electron chi connectivity index (χ2n) is 2.68. The van der Waals surface area contributed by atoms with E-state index in [-0.39, 0.29) is 6.10 Å². The minimum Gasteiger partial charge on any atom is -0.290 e. The summed E-state index contributed by atoms with van der Waals surface area (Å²) in [5.41, 5.74) is 0. The fourth-order valence-corrected chi connectivity index (χ4v) is 1.24. The zero-order chi connectivity index (χ0) is 7.40. The summed E-state index contributed by atoms with van der Waals surface area (Å²) in [6.45, 7) is 2.39. The molecular formula is C7H15NO2. The van der Waals surface area contributed by atoms with Gasteiger partial charge in [0.1, 0.15) is 0 Å². The van der Waals surface area contributed by atoms with Crippen molar-refractivity contribution in [3.05, 3.63) is 0 Å². The molecule has 0 aromatic heterocycles. The molecule has 0 heterocycles. The third-order valence-corrected chi connectivity index (χ3v) is 1.84. The molecule has 1 saturated carbocycles. The minimum absolute atomic E-state index is 0.268. The van der Waals surface area contributed by atoms with Gasteiger partial charge in [-0.1, -0.05) is 18.1 Å². The largest absolute Gasteiger partial charge is 0.290 e. The highest BCUT2D eigenvalue weighted by atomic mass is 16.9. The van der Waals surface area contributed by atoms with E-state index in [1.807, 2.05) is 6.92 Å². The van der Waals surface area contributed by atoms with Gasteiger partial charge < -0.3 is 0 Å². The third kappa shape index (κ3) is 2.25. The van der Waals surface area contributed by atoms with Crippen LogP contribution in [0.1, 0.15) is 32.6 Å². The second-order valence-corrected chi connectivity index (χ2v) is 2.68. The van der Waals surface area contributed by atoms with Gasteiger partial charge in [-0.3, -0.25) is 10.0 Å². The van der Waals surface area contributed by atoms with Gasteiger partial charge in [-0.2, -0.15) is 0 Å². The number of hydroxylamine groups is 2. The van der Waals surface area contributed by atoms with E-state index in [0.29, 0.717) is 6.54 Å². The van der Waals surface area contributed by atoms with E-state index in [2.05, 4.69) is 0 Å². The summed E-state index contributed by atoms with van der Waals surface area (Å²) in [6.07, 6.45) is 4.93. The molecule has 0 aromatic carbocycles. The van der Waals surface area contributed by atoms with Crippen molar-refractivity contribution < 1.29 is 10.0 Å². The number of hydrogen-bond donors (Lipinski definition) is 1. The lowest BCUT2D eigenvalue weighted by atomic mass is 10.3. The Morgan fingerprint density at radius 1 is 1.50 bits per heavy atom. The van der Waals surface area contributed by atoms with Crippen LogP contribution < -0.4 is 0 Å². The van der Waals surface area contributed by atoms with Crippen LogP contribution in [0.3, 0.4) is 0 Å². The van der Waals surface area contributed by atoms with E-state index < -0.39 is 0 Å². The van der Waals surface area contributed by atoms with Crippen molar-refractivity contribution in [1.82, 2.24) is 5.23 Å². The van der Waals surface area contributed by atoms with Gasteiger partial charge in [-0.25, -0.2) is 0 Å². The van der Waals surface area contributed by atoms with Crippen LogP contribution >= 0.6 is 0 Å². The van der Waals surface area contributed by atoms with E-state index in [0.717, 1.165) is 18.1 Å². The molecule has 0 spiro atoms. The van der Waals surface area contributed by atoms with Crippen molar-refractivity contribution in [3.8, 4) is 0 Å². The predicted octanol–water partition coefficient (Wildman–Crippen LogP) is 1.57. The monoisotopic (exact) mass is 145 g/mol. The molecule has 0 radical (unpaired) electrons. The van der Waals surface area contributed by atoms with Crippen molar-refractivity contribution in [2.75, 3.05) is 6.54 Å². The lowest BCUT2D eigenvalue weighted by Crippen LogP contribution is -2.24. The molecule has 1 N–H and O–H groups in total. The standard InChI is InChI=1S/C7H15NO2/c1-2-8(9)10-7-5-3-4-6-7/h7,9H,2-6H2,1H3. The Hall–Kier alpha value is -0.120. The van der Waals surface area contributed by atoms with Crippen molar-refractivity contribution in [2.24, 2.45) is 0 Å². The molecule has 10 heavy (non-hydrogen) atoms. The molecule has 1 fully saturated rings. The Balaban J connectivity index is 2.11. The SMILES string of the molecule is CCN(O)OC1CCCC1. The van der Waals surface area contributed by atoms with E-state index in [4.69, 9.17) is 10.0 Å². The molecule has 3 heteroatoms. The molecule has 0 amide bonds. The van der Waals surface area contributed by atoms with Crippen LogP contribution in [0.25, 0.3) is 0 Å². The molecule has 0 aliphatic heterocycles. The molecule has 0 bridgehead atoms. The molecule has 60 valence electrons. The van der Waals surface area contributed by atoms with Gasteiger partial charge in [0, 0.05) is 6.54 Å². The zero-order valence-electron chi connectivity index (χ0n) is 6.42. The van der Waals surface area contributed by atoms with Gasteiger partial charge in [0.15, 0.2) is 0 Å². The first kappa shape index (κ1) is 7.98. The molecule has 1 aliphatic carbocycles. The molecule has 0 atom stereocenters. The average molecular weight is 145 g/mol. The highest BCUT2D eigenvalue weighted by Crippen LogP contribution is 2.21. The molecule has 0 saturated heterocycles. The first-order valence-corrected chi connectivity index (χ1v) is 3.96. The second kappa shape index (κ2) is 3.91. The van der Waals surface area contributed by atoms with Gasteiger partial charge in [-0.15, -0.1) is 0 Å². The van der Waals surface area contributed by atoms with Crippen LogP contribution in [0.5, 0.6) is 0 Å². The van der Waals surface area contributed by atoms with Crippen molar-refractivity contribution in [1.29, 1.82) is 0 Å². The normalized spacial score (nSPS) is 20.7. The topological polar surface area (TPSA) is 32.7 Å². The number of rotatable bonds is 3. The van der Waals surface area contributed by atoms with E-state index in [9.17, 15) is 0 Å². The van der Waals surface area contributed by atoms with Gasteiger partial charge in [-0.05, 0) is 19.8 Å². The lowest BCUT2D eigenvalue weighted by molar-refractivity contribution is -0.357.